The molecule has 2 aromatic rings. The van der Waals surface area contributed by atoms with Crippen molar-refractivity contribution in [1.29, 1.82) is 0 Å². The van der Waals surface area contributed by atoms with Crippen LogP contribution in [0.15, 0.2) is 42.5 Å². The van der Waals surface area contributed by atoms with Gasteiger partial charge in [0, 0.05) is 6.54 Å². The van der Waals surface area contributed by atoms with E-state index in [2.05, 4.69) is 31.3 Å². The van der Waals surface area contributed by atoms with Crippen molar-refractivity contribution in [3.8, 4) is 11.5 Å². The number of ether oxygens (including phenoxy) is 2. The fourth-order valence-corrected chi connectivity index (χ4v) is 2.10. The van der Waals surface area contributed by atoms with E-state index < -0.39 is 0 Å². The van der Waals surface area contributed by atoms with Gasteiger partial charge < -0.3 is 14.8 Å². The zero-order valence-corrected chi connectivity index (χ0v) is 12.3. The molecule has 0 unspecified atom stereocenters. The Morgan fingerprint density at radius 3 is 2.55 bits per heavy atom. The lowest BCUT2D eigenvalue weighted by atomic mass is 10.1. The molecule has 0 aliphatic heterocycles. The molecule has 0 amide bonds. The van der Waals surface area contributed by atoms with Gasteiger partial charge in [-0.15, -0.1) is 0 Å². The van der Waals surface area contributed by atoms with Crippen LogP contribution in [-0.4, -0.2) is 20.3 Å². The average molecular weight is 271 g/mol. The van der Waals surface area contributed by atoms with Crippen LogP contribution in [-0.2, 0) is 0 Å². The number of anilines is 1. The molecule has 0 atom stereocenters. The molecule has 2 rings (SSSR count). The Morgan fingerprint density at radius 2 is 1.80 bits per heavy atom. The Kier molecular flexibility index (Phi) is 4.88. The summed E-state index contributed by atoms with van der Waals surface area (Å²) in [6.45, 7) is 5.49. The second-order valence-corrected chi connectivity index (χ2v) is 4.74. The molecule has 0 bridgehead atoms. The first kappa shape index (κ1) is 14.3. The van der Waals surface area contributed by atoms with Crippen LogP contribution < -0.4 is 14.8 Å². The second kappa shape index (κ2) is 6.85. The van der Waals surface area contributed by atoms with Crippen LogP contribution in [0.5, 0.6) is 11.5 Å². The van der Waals surface area contributed by atoms with Crippen molar-refractivity contribution >= 4 is 5.69 Å². The zero-order chi connectivity index (χ0) is 14.4. The molecule has 3 nitrogen and oxygen atoms in total. The van der Waals surface area contributed by atoms with Crippen LogP contribution in [0.25, 0.3) is 0 Å². The van der Waals surface area contributed by atoms with Gasteiger partial charge in [0.1, 0.15) is 18.1 Å². The smallest absolute Gasteiger partial charge is 0.141 e. The second-order valence-electron chi connectivity index (χ2n) is 4.74. The SMILES string of the molecule is COc1ccccc1NCCOc1ccc(C)cc1C. The molecule has 0 spiro atoms. The normalized spacial score (nSPS) is 10.2. The van der Waals surface area contributed by atoms with Gasteiger partial charge in [0.2, 0.25) is 0 Å². The number of para-hydroxylation sites is 2. The molecule has 0 saturated carbocycles. The van der Waals surface area contributed by atoms with Gasteiger partial charge in [-0.2, -0.15) is 0 Å². The van der Waals surface area contributed by atoms with Gasteiger partial charge in [0.25, 0.3) is 0 Å². The average Bonchev–Trinajstić information content (AvgIpc) is 2.46. The maximum atomic E-state index is 5.78. The number of benzene rings is 2. The highest BCUT2D eigenvalue weighted by Gasteiger charge is 2.01. The van der Waals surface area contributed by atoms with E-state index in [9.17, 15) is 0 Å². The van der Waals surface area contributed by atoms with Gasteiger partial charge in [-0.05, 0) is 37.6 Å². The predicted octanol–water partition coefficient (Wildman–Crippen LogP) is 3.80. The van der Waals surface area contributed by atoms with E-state index in [1.165, 1.54) is 11.1 Å². The third-order valence-corrected chi connectivity index (χ3v) is 3.11. The highest BCUT2D eigenvalue weighted by atomic mass is 16.5. The minimum absolute atomic E-state index is 0.613. The van der Waals surface area contributed by atoms with Crippen molar-refractivity contribution in [2.45, 2.75) is 13.8 Å². The van der Waals surface area contributed by atoms with Crippen molar-refractivity contribution in [3.05, 3.63) is 53.6 Å². The zero-order valence-electron chi connectivity index (χ0n) is 12.3. The minimum Gasteiger partial charge on any atom is -0.495 e. The molecule has 0 radical (unpaired) electrons. The summed E-state index contributed by atoms with van der Waals surface area (Å²) in [7, 11) is 1.67. The highest BCUT2D eigenvalue weighted by Crippen LogP contribution is 2.23. The first-order chi connectivity index (χ1) is 9.70. The molecule has 0 aliphatic carbocycles. The third kappa shape index (κ3) is 3.67. The first-order valence-electron chi connectivity index (χ1n) is 6.77. The maximum absolute atomic E-state index is 5.78. The molecule has 0 saturated heterocycles. The molecule has 106 valence electrons. The van der Waals surface area contributed by atoms with Gasteiger partial charge in [-0.1, -0.05) is 29.8 Å². The Morgan fingerprint density at radius 1 is 1.00 bits per heavy atom. The van der Waals surface area contributed by atoms with Gasteiger partial charge in [-0.25, -0.2) is 0 Å². The molecule has 1 N–H and O–H groups in total. The van der Waals surface area contributed by atoms with Crippen molar-refractivity contribution in [2.75, 3.05) is 25.6 Å². The lowest BCUT2D eigenvalue weighted by Gasteiger charge is -2.13. The molecule has 0 fully saturated rings. The summed E-state index contributed by atoms with van der Waals surface area (Å²) in [5, 5.41) is 3.32. The molecule has 0 aliphatic rings. The molecule has 0 aromatic heterocycles. The van der Waals surface area contributed by atoms with Crippen LogP contribution in [0.1, 0.15) is 11.1 Å². The van der Waals surface area contributed by atoms with Gasteiger partial charge >= 0.3 is 0 Å². The van der Waals surface area contributed by atoms with E-state index in [-0.39, 0.29) is 0 Å². The van der Waals surface area contributed by atoms with Crippen LogP contribution in [0.3, 0.4) is 0 Å². The van der Waals surface area contributed by atoms with Crippen molar-refractivity contribution in [1.82, 2.24) is 0 Å². The van der Waals surface area contributed by atoms with Gasteiger partial charge in [0.15, 0.2) is 0 Å². The molecule has 2 aromatic carbocycles. The number of aryl methyl sites for hydroxylation is 2. The summed E-state index contributed by atoms with van der Waals surface area (Å²) in [5.74, 6) is 1.79. The Labute approximate surface area is 120 Å². The largest absolute Gasteiger partial charge is 0.495 e. The van der Waals surface area contributed by atoms with Crippen molar-refractivity contribution < 1.29 is 9.47 Å². The van der Waals surface area contributed by atoms with E-state index in [1.807, 2.05) is 30.3 Å². The molecule has 20 heavy (non-hydrogen) atoms. The summed E-state index contributed by atoms with van der Waals surface area (Å²) >= 11 is 0. The van der Waals surface area contributed by atoms with E-state index in [1.54, 1.807) is 7.11 Å². The number of rotatable bonds is 6. The van der Waals surface area contributed by atoms with E-state index in [0.717, 1.165) is 23.7 Å². The Hall–Kier alpha value is -2.16. The lowest BCUT2D eigenvalue weighted by molar-refractivity contribution is 0.330. The van der Waals surface area contributed by atoms with Crippen molar-refractivity contribution in [3.63, 3.8) is 0 Å². The van der Waals surface area contributed by atoms with E-state index >= 15 is 0 Å². The highest BCUT2D eigenvalue weighted by molar-refractivity contribution is 5.56. The topological polar surface area (TPSA) is 30.5 Å². The Bertz CT molecular complexity index is 567. The molecule has 3 heteroatoms. The number of nitrogens with one attached hydrogen (secondary N) is 1. The monoisotopic (exact) mass is 271 g/mol. The molecule has 0 heterocycles. The summed E-state index contributed by atoms with van der Waals surface area (Å²) in [4.78, 5) is 0. The van der Waals surface area contributed by atoms with Gasteiger partial charge in [0.05, 0.1) is 12.8 Å². The van der Waals surface area contributed by atoms with Crippen LogP contribution >= 0.6 is 0 Å². The van der Waals surface area contributed by atoms with Gasteiger partial charge in [-0.3, -0.25) is 0 Å². The third-order valence-electron chi connectivity index (χ3n) is 3.11. The Balaban J connectivity index is 1.84. The van der Waals surface area contributed by atoms with Crippen LogP contribution in [0, 0.1) is 13.8 Å². The predicted molar refractivity (Wildman–Crippen MR) is 82.9 cm³/mol. The molecular weight excluding hydrogens is 250 g/mol. The molecular formula is C17H21NO2. The summed E-state index contributed by atoms with van der Waals surface area (Å²) in [6.07, 6.45) is 0. The quantitative estimate of drug-likeness (QED) is 0.811. The van der Waals surface area contributed by atoms with Crippen LogP contribution in [0.4, 0.5) is 5.69 Å². The number of hydrogen-bond donors (Lipinski definition) is 1. The first-order valence-corrected chi connectivity index (χ1v) is 6.77. The van der Waals surface area contributed by atoms with E-state index in [0.29, 0.717) is 6.61 Å². The van der Waals surface area contributed by atoms with Crippen molar-refractivity contribution in [2.24, 2.45) is 0 Å². The number of hydrogen-bond acceptors (Lipinski definition) is 3. The summed E-state index contributed by atoms with van der Waals surface area (Å²) in [5.41, 5.74) is 3.41. The summed E-state index contributed by atoms with van der Waals surface area (Å²) < 4.78 is 11.1. The maximum Gasteiger partial charge on any atom is 0.141 e. The standard InChI is InChI=1S/C17H21NO2/c1-13-8-9-16(14(2)12-13)20-11-10-18-15-6-4-5-7-17(15)19-3/h4-9,12,18H,10-11H2,1-3H3. The summed E-state index contributed by atoms with van der Waals surface area (Å²) in [6, 6.07) is 14.1. The van der Waals surface area contributed by atoms with Crippen LogP contribution in [0.2, 0.25) is 0 Å². The number of methoxy groups -OCH3 is 1. The minimum atomic E-state index is 0.613. The lowest BCUT2D eigenvalue weighted by Crippen LogP contribution is -2.12. The fraction of sp³-hybridized carbons (Fsp3) is 0.294. The fourth-order valence-electron chi connectivity index (χ4n) is 2.10. The van der Waals surface area contributed by atoms with E-state index in [4.69, 9.17) is 9.47 Å².